The van der Waals surface area contributed by atoms with Crippen molar-refractivity contribution in [1.82, 2.24) is 9.78 Å². The Bertz CT molecular complexity index is 545. The number of aromatic nitrogens is 2. The van der Waals surface area contributed by atoms with Gasteiger partial charge in [0.05, 0.1) is 23.3 Å². The number of rotatable bonds is 4. The first-order chi connectivity index (χ1) is 8.29. The molecule has 0 aliphatic rings. The zero-order valence-corrected chi connectivity index (χ0v) is 9.76. The molecule has 5 heteroatoms. The zero-order chi connectivity index (χ0) is 12.1. The van der Waals surface area contributed by atoms with Gasteiger partial charge in [0.2, 0.25) is 0 Å². The topological polar surface area (TPSA) is 50.8 Å². The normalized spacial score (nSPS) is 9.88. The monoisotopic (exact) mass is 247 g/mol. The Morgan fingerprint density at radius 2 is 2.24 bits per heavy atom. The molecular formula is C12H10ClN3O. The minimum Gasteiger partial charge on any atom is -0.490 e. The Morgan fingerprint density at radius 3 is 2.94 bits per heavy atom. The number of halogens is 1. The lowest BCUT2D eigenvalue weighted by atomic mass is 10.2. The van der Waals surface area contributed by atoms with Crippen molar-refractivity contribution in [3.8, 4) is 11.8 Å². The molecular weight excluding hydrogens is 238 g/mol. The van der Waals surface area contributed by atoms with Crippen LogP contribution < -0.4 is 4.74 Å². The van der Waals surface area contributed by atoms with Crippen LogP contribution in [0.5, 0.6) is 5.75 Å². The fourth-order valence-corrected chi connectivity index (χ4v) is 1.55. The first-order valence-corrected chi connectivity index (χ1v) is 5.47. The van der Waals surface area contributed by atoms with Gasteiger partial charge in [-0.2, -0.15) is 10.4 Å². The summed E-state index contributed by atoms with van der Waals surface area (Å²) in [6, 6.07) is 9.21. The molecule has 17 heavy (non-hydrogen) atoms. The molecule has 4 nitrogen and oxygen atoms in total. The first kappa shape index (κ1) is 11.5. The molecule has 0 saturated heterocycles. The second kappa shape index (κ2) is 5.37. The lowest BCUT2D eigenvalue weighted by molar-refractivity contribution is 0.290. The number of benzene rings is 1. The molecule has 0 radical (unpaired) electrons. The predicted octanol–water partition coefficient (Wildman–Crippen LogP) is 2.49. The summed E-state index contributed by atoms with van der Waals surface area (Å²) in [6.45, 7) is 1.03. The van der Waals surface area contributed by atoms with Crippen LogP contribution in [0.4, 0.5) is 0 Å². The van der Waals surface area contributed by atoms with Crippen molar-refractivity contribution in [2.24, 2.45) is 0 Å². The van der Waals surface area contributed by atoms with Crippen LogP contribution in [0.3, 0.4) is 0 Å². The van der Waals surface area contributed by atoms with E-state index in [4.69, 9.17) is 21.6 Å². The highest BCUT2D eigenvalue weighted by atomic mass is 35.5. The largest absolute Gasteiger partial charge is 0.490 e. The molecule has 0 aliphatic heterocycles. The summed E-state index contributed by atoms with van der Waals surface area (Å²) in [7, 11) is 0. The van der Waals surface area contributed by atoms with Gasteiger partial charge in [-0.25, -0.2) is 0 Å². The average molecular weight is 248 g/mol. The highest BCUT2D eigenvalue weighted by Gasteiger charge is 2.01. The minimum absolute atomic E-state index is 0.441. The number of nitriles is 1. The fraction of sp³-hybridized carbons (Fsp3) is 0.167. The van der Waals surface area contributed by atoms with Crippen LogP contribution in [0.15, 0.2) is 36.7 Å². The molecule has 0 bridgehead atoms. The van der Waals surface area contributed by atoms with Gasteiger partial charge in [-0.1, -0.05) is 23.7 Å². The number of hydrogen-bond acceptors (Lipinski definition) is 3. The van der Waals surface area contributed by atoms with Gasteiger partial charge in [0.15, 0.2) is 0 Å². The molecule has 1 aromatic carbocycles. The number of nitrogens with zero attached hydrogens (tertiary/aromatic N) is 3. The van der Waals surface area contributed by atoms with Crippen molar-refractivity contribution < 1.29 is 4.74 Å². The highest BCUT2D eigenvalue weighted by molar-refractivity contribution is 6.30. The van der Waals surface area contributed by atoms with Crippen LogP contribution >= 0.6 is 11.6 Å². The minimum atomic E-state index is 0.441. The molecule has 1 aromatic heterocycles. The van der Waals surface area contributed by atoms with Crippen LogP contribution in [-0.4, -0.2) is 16.4 Å². The quantitative estimate of drug-likeness (QED) is 0.834. The van der Waals surface area contributed by atoms with Crippen LogP contribution in [-0.2, 0) is 6.54 Å². The zero-order valence-electron chi connectivity index (χ0n) is 9.01. The smallest absolute Gasteiger partial charge is 0.137 e. The molecule has 0 amide bonds. The molecule has 1 heterocycles. The Kier molecular flexibility index (Phi) is 3.63. The lowest BCUT2D eigenvalue weighted by Gasteiger charge is -2.07. The van der Waals surface area contributed by atoms with Gasteiger partial charge in [-0.15, -0.1) is 0 Å². The highest BCUT2D eigenvalue weighted by Crippen LogP contribution is 2.16. The second-order valence-corrected chi connectivity index (χ2v) is 3.81. The van der Waals surface area contributed by atoms with E-state index < -0.39 is 0 Å². The molecule has 0 saturated carbocycles. The third-order valence-corrected chi connectivity index (χ3v) is 2.38. The van der Waals surface area contributed by atoms with E-state index in [-0.39, 0.29) is 0 Å². The Balaban J connectivity index is 1.92. The number of para-hydroxylation sites is 1. The van der Waals surface area contributed by atoms with Gasteiger partial charge < -0.3 is 4.74 Å². The van der Waals surface area contributed by atoms with Gasteiger partial charge >= 0.3 is 0 Å². The van der Waals surface area contributed by atoms with Crippen molar-refractivity contribution in [3.05, 3.63) is 47.2 Å². The molecule has 0 fully saturated rings. The summed E-state index contributed by atoms with van der Waals surface area (Å²) in [4.78, 5) is 0. The van der Waals surface area contributed by atoms with E-state index in [1.54, 1.807) is 35.3 Å². The lowest BCUT2D eigenvalue weighted by Crippen LogP contribution is -2.08. The number of hydrogen-bond donors (Lipinski definition) is 0. The maximum absolute atomic E-state index is 8.87. The SMILES string of the molecule is N#Cc1ccccc1OCCn1cc(Cl)cn1. The van der Waals surface area contributed by atoms with E-state index >= 15 is 0 Å². The summed E-state index contributed by atoms with van der Waals surface area (Å²) in [5.41, 5.74) is 0.533. The summed E-state index contributed by atoms with van der Waals surface area (Å²) in [5.74, 6) is 0.591. The molecule has 86 valence electrons. The summed E-state index contributed by atoms with van der Waals surface area (Å²) >= 11 is 5.74. The average Bonchev–Trinajstić information content (AvgIpc) is 2.76. The summed E-state index contributed by atoms with van der Waals surface area (Å²) < 4.78 is 7.21. The summed E-state index contributed by atoms with van der Waals surface area (Å²) in [6.07, 6.45) is 3.30. The van der Waals surface area contributed by atoms with Crippen molar-refractivity contribution in [3.63, 3.8) is 0 Å². The van der Waals surface area contributed by atoms with Gasteiger partial charge in [0.25, 0.3) is 0 Å². The van der Waals surface area contributed by atoms with E-state index in [2.05, 4.69) is 11.2 Å². The van der Waals surface area contributed by atoms with Crippen molar-refractivity contribution >= 4 is 11.6 Å². The van der Waals surface area contributed by atoms with E-state index in [1.807, 2.05) is 6.07 Å². The molecule has 0 N–H and O–H groups in total. The molecule has 0 spiro atoms. The molecule has 2 aromatic rings. The van der Waals surface area contributed by atoms with E-state index in [0.717, 1.165) is 0 Å². The van der Waals surface area contributed by atoms with Crippen molar-refractivity contribution in [2.75, 3.05) is 6.61 Å². The van der Waals surface area contributed by atoms with Gasteiger partial charge in [-0.05, 0) is 12.1 Å². The fourth-order valence-electron chi connectivity index (χ4n) is 1.39. The van der Waals surface area contributed by atoms with Crippen molar-refractivity contribution in [2.45, 2.75) is 6.54 Å². The Labute approximate surface area is 104 Å². The number of ether oxygens (including phenoxy) is 1. The third-order valence-electron chi connectivity index (χ3n) is 2.19. The van der Waals surface area contributed by atoms with Crippen molar-refractivity contribution in [1.29, 1.82) is 5.26 Å². The maximum Gasteiger partial charge on any atom is 0.137 e. The second-order valence-electron chi connectivity index (χ2n) is 3.38. The van der Waals surface area contributed by atoms with E-state index in [9.17, 15) is 0 Å². The molecule has 2 rings (SSSR count). The summed E-state index contributed by atoms with van der Waals surface area (Å²) in [5, 5.41) is 13.5. The van der Waals surface area contributed by atoms with Gasteiger partial charge in [0.1, 0.15) is 18.4 Å². The predicted molar refractivity (Wildman–Crippen MR) is 63.9 cm³/mol. The van der Waals surface area contributed by atoms with Gasteiger partial charge in [0, 0.05) is 6.20 Å². The van der Waals surface area contributed by atoms with E-state index in [1.165, 1.54) is 0 Å². The third kappa shape index (κ3) is 2.99. The molecule has 0 atom stereocenters. The molecule has 0 aliphatic carbocycles. The molecule has 0 unspecified atom stereocenters. The van der Waals surface area contributed by atoms with E-state index in [0.29, 0.717) is 29.5 Å². The first-order valence-electron chi connectivity index (χ1n) is 5.09. The Hall–Kier alpha value is -1.99. The van der Waals surface area contributed by atoms with Crippen LogP contribution in [0.2, 0.25) is 5.02 Å². The standard InChI is InChI=1S/C12H10ClN3O/c13-11-8-15-16(9-11)5-6-17-12-4-2-1-3-10(12)7-14/h1-4,8-9H,5-6H2. The van der Waals surface area contributed by atoms with Crippen LogP contribution in [0, 0.1) is 11.3 Å². The van der Waals surface area contributed by atoms with Crippen LogP contribution in [0.25, 0.3) is 0 Å². The Morgan fingerprint density at radius 1 is 1.41 bits per heavy atom. The maximum atomic E-state index is 8.87. The van der Waals surface area contributed by atoms with Gasteiger partial charge in [-0.3, -0.25) is 4.68 Å². The van der Waals surface area contributed by atoms with Crippen LogP contribution in [0.1, 0.15) is 5.56 Å².